The van der Waals surface area contributed by atoms with Crippen LogP contribution in [0.1, 0.15) is 103 Å². The molecule has 1 aliphatic carbocycles. The van der Waals surface area contributed by atoms with Gasteiger partial charge in [-0.15, -0.1) is 0 Å². The summed E-state index contributed by atoms with van der Waals surface area (Å²) in [5.74, 6) is 1.06. The van der Waals surface area contributed by atoms with E-state index < -0.39 is 5.60 Å². The zero-order valence-corrected chi connectivity index (χ0v) is 20.5. The molecule has 1 heterocycles. The summed E-state index contributed by atoms with van der Waals surface area (Å²) in [6.07, 6.45) is 9.89. The first-order valence-corrected chi connectivity index (χ1v) is 12.0. The highest BCUT2D eigenvalue weighted by Gasteiger charge is 2.26. The van der Waals surface area contributed by atoms with Crippen molar-refractivity contribution in [1.29, 1.82) is 0 Å². The predicted molar refractivity (Wildman–Crippen MR) is 121 cm³/mol. The minimum Gasteiger partial charge on any atom is -0.465 e. The molecule has 8 nitrogen and oxygen atoms in total. The van der Waals surface area contributed by atoms with Crippen molar-refractivity contribution in [3.05, 3.63) is 11.7 Å². The number of likely N-dealkylation sites (N-methyl/N-ethyl adjacent to an activating group) is 1. The number of rotatable bonds is 12. The van der Waals surface area contributed by atoms with Crippen LogP contribution in [0.2, 0.25) is 0 Å². The van der Waals surface area contributed by atoms with Gasteiger partial charge in [0.05, 0.1) is 26.1 Å². The minimum absolute atomic E-state index is 0.153. The summed E-state index contributed by atoms with van der Waals surface area (Å²) in [6.45, 7) is 8.26. The monoisotopic (exact) mass is 451 g/mol. The van der Waals surface area contributed by atoms with E-state index in [2.05, 4.69) is 10.1 Å². The zero-order valence-electron chi connectivity index (χ0n) is 20.5. The average Bonchev–Trinajstić information content (AvgIpc) is 3.15. The maximum atomic E-state index is 12.5. The van der Waals surface area contributed by atoms with Gasteiger partial charge >= 0.3 is 11.9 Å². The maximum Gasteiger partial charge on any atom is 0.320 e. The van der Waals surface area contributed by atoms with Crippen molar-refractivity contribution in [3.63, 3.8) is 0 Å². The van der Waals surface area contributed by atoms with E-state index in [9.17, 15) is 9.59 Å². The fraction of sp³-hybridized carbons (Fsp3) is 0.833. The number of nitrogens with zero attached hydrogens (tertiary/aromatic N) is 3. The molecule has 1 fully saturated rings. The van der Waals surface area contributed by atoms with Crippen LogP contribution in [0.4, 0.5) is 0 Å². The normalized spacial score (nSPS) is 16.2. The van der Waals surface area contributed by atoms with Crippen molar-refractivity contribution in [2.45, 2.75) is 104 Å². The fourth-order valence-corrected chi connectivity index (χ4v) is 4.25. The summed E-state index contributed by atoms with van der Waals surface area (Å²) in [5, 5.41) is 4.08. The van der Waals surface area contributed by atoms with Crippen LogP contribution < -0.4 is 0 Å². The van der Waals surface area contributed by atoms with Crippen LogP contribution in [0.15, 0.2) is 4.52 Å². The van der Waals surface area contributed by atoms with E-state index in [-0.39, 0.29) is 30.8 Å². The molecule has 0 saturated heterocycles. The Labute approximate surface area is 192 Å². The van der Waals surface area contributed by atoms with Gasteiger partial charge in [-0.2, -0.15) is 4.98 Å². The number of esters is 2. The van der Waals surface area contributed by atoms with Gasteiger partial charge in [0.1, 0.15) is 5.60 Å². The molecule has 1 saturated carbocycles. The SMILES string of the molecule is CCOC(=O)CN(C)Cc1noc(C(CCCC2CCCCC2)CC(=O)OC(C)(C)C)n1. The lowest BCUT2D eigenvalue weighted by Gasteiger charge is -2.23. The van der Waals surface area contributed by atoms with Crippen LogP contribution in [0.3, 0.4) is 0 Å². The second-order valence-corrected chi connectivity index (χ2v) is 9.95. The number of aromatic nitrogens is 2. The van der Waals surface area contributed by atoms with E-state index in [1.165, 1.54) is 38.5 Å². The van der Waals surface area contributed by atoms with E-state index in [0.29, 0.717) is 24.9 Å². The van der Waals surface area contributed by atoms with Gasteiger partial charge in [0.2, 0.25) is 5.89 Å². The highest BCUT2D eigenvalue weighted by atomic mass is 16.6. The molecule has 1 aromatic heterocycles. The first-order valence-electron chi connectivity index (χ1n) is 12.0. The molecule has 0 spiro atoms. The van der Waals surface area contributed by atoms with Gasteiger partial charge < -0.3 is 14.0 Å². The van der Waals surface area contributed by atoms with E-state index in [1.54, 1.807) is 18.9 Å². The van der Waals surface area contributed by atoms with Gasteiger partial charge in [0, 0.05) is 5.92 Å². The second-order valence-electron chi connectivity index (χ2n) is 9.95. The summed E-state index contributed by atoms with van der Waals surface area (Å²) in [6, 6.07) is 0. The third kappa shape index (κ3) is 10.1. The quantitative estimate of drug-likeness (QED) is 0.425. The molecule has 1 atom stereocenters. The Hall–Kier alpha value is -1.96. The molecule has 8 heteroatoms. The minimum atomic E-state index is -0.528. The highest BCUT2D eigenvalue weighted by Crippen LogP contribution is 2.31. The van der Waals surface area contributed by atoms with Gasteiger partial charge in [-0.3, -0.25) is 14.5 Å². The Morgan fingerprint density at radius 1 is 1.19 bits per heavy atom. The van der Waals surface area contributed by atoms with E-state index in [1.807, 2.05) is 20.8 Å². The topological polar surface area (TPSA) is 94.8 Å². The number of hydrogen-bond donors (Lipinski definition) is 0. The average molecular weight is 452 g/mol. The molecule has 0 aromatic carbocycles. The Bertz CT molecular complexity index is 707. The largest absolute Gasteiger partial charge is 0.465 e. The highest BCUT2D eigenvalue weighted by molar-refractivity contribution is 5.71. The predicted octanol–water partition coefficient (Wildman–Crippen LogP) is 4.63. The van der Waals surface area contributed by atoms with Crippen LogP contribution in [0, 0.1) is 5.92 Å². The third-order valence-corrected chi connectivity index (χ3v) is 5.67. The Morgan fingerprint density at radius 3 is 2.56 bits per heavy atom. The molecule has 1 aromatic rings. The van der Waals surface area contributed by atoms with E-state index >= 15 is 0 Å². The molecule has 2 rings (SSSR count). The van der Waals surface area contributed by atoms with Gasteiger partial charge in [-0.25, -0.2) is 0 Å². The Morgan fingerprint density at radius 2 is 1.91 bits per heavy atom. The van der Waals surface area contributed by atoms with Crippen molar-refractivity contribution in [3.8, 4) is 0 Å². The van der Waals surface area contributed by atoms with Gasteiger partial charge in [0.15, 0.2) is 5.82 Å². The molecule has 0 radical (unpaired) electrons. The lowest BCUT2D eigenvalue weighted by molar-refractivity contribution is -0.155. The Kier molecular flexibility index (Phi) is 10.6. The number of carbonyl (C=O) groups excluding carboxylic acids is 2. The number of carbonyl (C=O) groups is 2. The van der Waals surface area contributed by atoms with Crippen molar-refractivity contribution < 1.29 is 23.6 Å². The molecule has 1 aliphatic rings. The molecule has 32 heavy (non-hydrogen) atoms. The molecule has 0 N–H and O–H groups in total. The summed E-state index contributed by atoms with van der Waals surface area (Å²) in [7, 11) is 1.80. The lowest BCUT2D eigenvalue weighted by atomic mass is 9.84. The standard InChI is InChI=1S/C24H41N3O5/c1-6-30-22(29)17-27(5)16-20-25-23(32-26-20)19(15-21(28)31-24(2,3)4)14-10-13-18-11-8-7-9-12-18/h18-19H,6-17H2,1-5H3. The first kappa shape index (κ1) is 26.3. The van der Waals surface area contributed by atoms with Crippen molar-refractivity contribution in [1.82, 2.24) is 15.0 Å². The second kappa shape index (κ2) is 12.9. The summed E-state index contributed by atoms with van der Waals surface area (Å²) in [4.78, 5) is 30.5. The van der Waals surface area contributed by atoms with Gasteiger partial charge in [0.25, 0.3) is 0 Å². The van der Waals surface area contributed by atoms with Crippen LogP contribution in [-0.2, 0) is 25.6 Å². The smallest absolute Gasteiger partial charge is 0.320 e. The van der Waals surface area contributed by atoms with E-state index in [0.717, 1.165) is 18.8 Å². The van der Waals surface area contributed by atoms with Crippen LogP contribution >= 0.6 is 0 Å². The van der Waals surface area contributed by atoms with Crippen LogP contribution in [0.25, 0.3) is 0 Å². The fourth-order valence-electron chi connectivity index (χ4n) is 4.25. The summed E-state index contributed by atoms with van der Waals surface area (Å²) in [5.41, 5.74) is -0.528. The zero-order chi connectivity index (χ0) is 23.6. The summed E-state index contributed by atoms with van der Waals surface area (Å²) < 4.78 is 16.1. The lowest BCUT2D eigenvalue weighted by Crippen LogP contribution is -2.27. The molecule has 0 amide bonds. The molecule has 0 aliphatic heterocycles. The molecule has 182 valence electrons. The number of hydrogen-bond acceptors (Lipinski definition) is 8. The molecular formula is C24H41N3O5. The third-order valence-electron chi connectivity index (χ3n) is 5.67. The van der Waals surface area contributed by atoms with Gasteiger partial charge in [-0.1, -0.05) is 50.1 Å². The van der Waals surface area contributed by atoms with E-state index in [4.69, 9.17) is 14.0 Å². The van der Waals surface area contributed by atoms with Crippen molar-refractivity contribution in [2.75, 3.05) is 20.2 Å². The van der Waals surface area contributed by atoms with Crippen LogP contribution in [-0.4, -0.2) is 52.8 Å². The molecule has 1 unspecified atom stereocenters. The first-order chi connectivity index (χ1) is 15.2. The number of ether oxygens (including phenoxy) is 2. The van der Waals surface area contributed by atoms with Gasteiger partial charge in [-0.05, 0) is 47.1 Å². The van der Waals surface area contributed by atoms with Crippen molar-refractivity contribution >= 4 is 11.9 Å². The molecule has 0 bridgehead atoms. The van der Waals surface area contributed by atoms with Crippen LogP contribution in [0.5, 0.6) is 0 Å². The maximum absolute atomic E-state index is 12.5. The Balaban J connectivity index is 1.97. The summed E-state index contributed by atoms with van der Waals surface area (Å²) >= 11 is 0. The van der Waals surface area contributed by atoms with Crippen molar-refractivity contribution in [2.24, 2.45) is 5.92 Å². The molecular weight excluding hydrogens is 410 g/mol.